The van der Waals surface area contributed by atoms with Crippen LogP contribution in [0.25, 0.3) is 0 Å². The molecule has 1 N–H and O–H groups in total. The van der Waals surface area contributed by atoms with Gasteiger partial charge in [-0.2, -0.15) is 5.10 Å². The van der Waals surface area contributed by atoms with Crippen molar-refractivity contribution < 1.29 is 9.21 Å². The summed E-state index contributed by atoms with van der Waals surface area (Å²) < 4.78 is 7.27. The number of nitrogens with one attached hydrogen (secondary N) is 1. The van der Waals surface area contributed by atoms with Gasteiger partial charge >= 0.3 is 0 Å². The number of hydrogen-bond donors (Lipinski definition) is 1. The molecule has 1 aliphatic rings. The molecule has 0 bridgehead atoms. The molecule has 1 unspecified atom stereocenters. The van der Waals surface area contributed by atoms with Crippen LogP contribution in [0.15, 0.2) is 35.1 Å². The van der Waals surface area contributed by atoms with Gasteiger partial charge in [0.25, 0.3) is 0 Å². The predicted molar refractivity (Wildman–Crippen MR) is 91.4 cm³/mol. The molecule has 6 nitrogen and oxygen atoms in total. The first-order chi connectivity index (χ1) is 11.6. The van der Waals surface area contributed by atoms with E-state index in [0.717, 1.165) is 30.7 Å². The molecule has 6 heteroatoms. The largest absolute Gasteiger partial charge is 0.469 e. The highest BCUT2D eigenvalue weighted by Crippen LogP contribution is 2.31. The Kier molecular flexibility index (Phi) is 5.04. The fourth-order valence-corrected chi connectivity index (χ4v) is 3.55. The van der Waals surface area contributed by atoms with Crippen LogP contribution in [0.1, 0.15) is 43.7 Å². The third-order valence-corrected chi connectivity index (χ3v) is 4.93. The topological polar surface area (TPSA) is 63.3 Å². The number of nitrogens with zero attached hydrogens (tertiary/aromatic N) is 3. The number of rotatable bonds is 6. The van der Waals surface area contributed by atoms with Crippen LogP contribution >= 0.6 is 0 Å². The maximum absolute atomic E-state index is 12.2. The number of piperidine rings is 1. The average molecular weight is 330 g/mol. The second-order valence-electron chi connectivity index (χ2n) is 6.66. The van der Waals surface area contributed by atoms with Crippen molar-refractivity contribution in [3.8, 4) is 0 Å². The summed E-state index contributed by atoms with van der Waals surface area (Å²) in [5.74, 6) is 1.21. The minimum absolute atomic E-state index is 0.0183. The molecule has 0 saturated carbocycles. The van der Waals surface area contributed by atoms with Crippen molar-refractivity contribution in [2.24, 2.45) is 7.05 Å². The van der Waals surface area contributed by atoms with Crippen molar-refractivity contribution in [1.82, 2.24) is 20.0 Å². The van der Waals surface area contributed by atoms with E-state index in [9.17, 15) is 4.79 Å². The molecule has 1 aliphatic heterocycles. The number of aryl methyl sites for hydroxylation is 2. The number of hydrogen-bond acceptors (Lipinski definition) is 4. The van der Waals surface area contributed by atoms with Gasteiger partial charge in [0.15, 0.2) is 0 Å². The summed E-state index contributed by atoms with van der Waals surface area (Å²) in [6.07, 6.45) is 6.86. The van der Waals surface area contributed by atoms with Crippen LogP contribution in [0.2, 0.25) is 0 Å². The second kappa shape index (κ2) is 7.21. The van der Waals surface area contributed by atoms with E-state index in [1.807, 2.05) is 41.9 Å². The first kappa shape index (κ1) is 16.8. The fraction of sp³-hybridized carbons (Fsp3) is 0.556. The number of furan rings is 1. The lowest BCUT2D eigenvalue weighted by Gasteiger charge is -2.40. The van der Waals surface area contributed by atoms with Gasteiger partial charge in [0.05, 0.1) is 18.0 Å². The molecule has 3 heterocycles. The highest BCUT2D eigenvalue weighted by atomic mass is 16.3. The van der Waals surface area contributed by atoms with E-state index < -0.39 is 0 Å². The van der Waals surface area contributed by atoms with Gasteiger partial charge in [-0.3, -0.25) is 9.48 Å². The van der Waals surface area contributed by atoms with Crippen LogP contribution in [0.4, 0.5) is 0 Å². The van der Waals surface area contributed by atoms with E-state index in [1.165, 1.54) is 0 Å². The fourth-order valence-electron chi connectivity index (χ4n) is 3.55. The maximum Gasteiger partial charge on any atom is 0.222 e. The molecule has 1 fully saturated rings. The molecule has 2 aromatic heterocycles. The van der Waals surface area contributed by atoms with Crippen LogP contribution in [0, 0.1) is 0 Å². The SMILES string of the molecule is CC(CCc1ccco1)N[C@@H]1CCC(=O)N(C)[C@H]1c1ccnn1C. The minimum atomic E-state index is 0.0183. The lowest BCUT2D eigenvalue weighted by molar-refractivity contribution is -0.136. The van der Waals surface area contributed by atoms with Crippen molar-refractivity contribution in [2.75, 3.05) is 7.05 Å². The lowest BCUT2D eigenvalue weighted by atomic mass is 9.92. The van der Waals surface area contributed by atoms with Crippen molar-refractivity contribution in [3.63, 3.8) is 0 Å². The van der Waals surface area contributed by atoms with E-state index >= 15 is 0 Å². The van der Waals surface area contributed by atoms with Gasteiger partial charge in [-0.05, 0) is 38.0 Å². The molecular weight excluding hydrogens is 304 g/mol. The van der Waals surface area contributed by atoms with Gasteiger partial charge < -0.3 is 14.6 Å². The van der Waals surface area contributed by atoms with Crippen molar-refractivity contribution in [2.45, 2.75) is 50.7 Å². The Hall–Kier alpha value is -2.08. The van der Waals surface area contributed by atoms with Gasteiger partial charge in [-0.25, -0.2) is 0 Å². The van der Waals surface area contributed by atoms with Gasteiger partial charge in [0.1, 0.15) is 5.76 Å². The second-order valence-corrected chi connectivity index (χ2v) is 6.66. The van der Waals surface area contributed by atoms with E-state index in [4.69, 9.17) is 4.42 Å². The zero-order chi connectivity index (χ0) is 17.1. The molecule has 3 rings (SSSR count). The third-order valence-electron chi connectivity index (χ3n) is 4.93. The normalized spacial score (nSPS) is 22.8. The Bertz CT molecular complexity index is 664. The molecule has 3 atom stereocenters. The van der Waals surface area contributed by atoms with Gasteiger partial charge in [-0.1, -0.05) is 0 Å². The molecule has 1 saturated heterocycles. The molecule has 1 amide bonds. The number of carbonyl (C=O) groups excluding carboxylic acids is 1. The number of likely N-dealkylation sites (tertiary alicyclic amines) is 1. The Balaban J connectivity index is 1.67. The Morgan fingerprint density at radius 3 is 2.92 bits per heavy atom. The third kappa shape index (κ3) is 3.53. The molecule has 0 spiro atoms. The molecule has 2 aromatic rings. The number of carbonyl (C=O) groups is 1. The molecule has 0 aromatic carbocycles. The summed E-state index contributed by atoms with van der Waals surface area (Å²) in [5.41, 5.74) is 1.07. The van der Waals surface area contributed by atoms with Crippen LogP contribution in [0.3, 0.4) is 0 Å². The number of likely N-dealkylation sites (N-methyl/N-ethyl adjacent to an activating group) is 1. The van der Waals surface area contributed by atoms with Gasteiger partial charge in [-0.15, -0.1) is 0 Å². The monoisotopic (exact) mass is 330 g/mol. The quantitative estimate of drug-likeness (QED) is 0.883. The van der Waals surface area contributed by atoms with Crippen LogP contribution < -0.4 is 5.32 Å². The molecular formula is C18H26N4O2. The van der Waals surface area contributed by atoms with E-state index in [1.54, 1.807) is 12.5 Å². The Morgan fingerprint density at radius 1 is 1.42 bits per heavy atom. The predicted octanol–water partition coefficient (Wildman–Crippen LogP) is 2.29. The summed E-state index contributed by atoms with van der Waals surface area (Å²) in [5, 5.41) is 7.99. The first-order valence-corrected chi connectivity index (χ1v) is 8.58. The van der Waals surface area contributed by atoms with Crippen molar-refractivity contribution in [3.05, 3.63) is 42.1 Å². The molecule has 130 valence electrons. The van der Waals surface area contributed by atoms with Gasteiger partial charge in [0, 0.05) is 45.2 Å². The molecule has 0 aliphatic carbocycles. The average Bonchev–Trinajstić information content (AvgIpc) is 3.21. The van der Waals surface area contributed by atoms with Crippen LogP contribution in [-0.4, -0.2) is 39.7 Å². The standard InChI is InChI=1S/C18H26N4O2/c1-13(6-7-14-5-4-12-24-14)20-15-8-9-17(23)21(2)18(15)16-10-11-19-22(16)3/h4-5,10-13,15,18,20H,6-9H2,1-3H3/t13?,15-,18-/m1/s1. The zero-order valence-corrected chi connectivity index (χ0v) is 14.6. The summed E-state index contributed by atoms with van der Waals surface area (Å²) in [7, 11) is 3.82. The first-order valence-electron chi connectivity index (χ1n) is 8.58. The number of amides is 1. The van der Waals surface area contributed by atoms with E-state index in [0.29, 0.717) is 12.5 Å². The minimum Gasteiger partial charge on any atom is -0.469 e. The summed E-state index contributed by atoms with van der Waals surface area (Å²) >= 11 is 0. The summed E-state index contributed by atoms with van der Waals surface area (Å²) in [6, 6.07) is 6.53. The zero-order valence-electron chi connectivity index (χ0n) is 14.6. The molecule has 0 radical (unpaired) electrons. The summed E-state index contributed by atoms with van der Waals surface area (Å²) in [6.45, 7) is 2.19. The van der Waals surface area contributed by atoms with Crippen LogP contribution in [-0.2, 0) is 18.3 Å². The van der Waals surface area contributed by atoms with Crippen molar-refractivity contribution in [1.29, 1.82) is 0 Å². The summed E-state index contributed by atoms with van der Waals surface area (Å²) in [4.78, 5) is 14.0. The van der Waals surface area contributed by atoms with Gasteiger partial charge in [0.2, 0.25) is 5.91 Å². The Morgan fingerprint density at radius 2 is 2.25 bits per heavy atom. The highest BCUT2D eigenvalue weighted by molar-refractivity contribution is 5.77. The van der Waals surface area contributed by atoms with E-state index in [-0.39, 0.29) is 18.0 Å². The van der Waals surface area contributed by atoms with Crippen LogP contribution in [0.5, 0.6) is 0 Å². The number of aromatic nitrogens is 2. The highest BCUT2D eigenvalue weighted by Gasteiger charge is 2.36. The molecule has 24 heavy (non-hydrogen) atoms. The maximum atomic E-state index is 12.2. The Labute approximate surface area is 142 Å². The van der Waals surface area contributed by atoms with Crippen molar-refractivity contribution >= 4 is 5.91 Å². The van der Waals surface area contributed by atoms with E-state index in [2.05, 4.69) is 17.3 Å². The smallest absolute Gasteiger partial charge is 0.222 e. The lowest BCUT2D eigenvalue weighted by Crippen LogP contribution is -2.51.